The molecule has 0 bridgehead atoms. The molecule has 4 aromatic carbocycles. The first kappa shape index (κ1) is 20.6. The zero-order valence-corrected chi connectivity index (χ0v) is 17.4. The van der Waals surface area contributed by atoms with Gasteiger partial charge in [-0.1, -0.05) is 103 Å². The van der Waals surface area contributed by atoms with E-state index in [4.69, 9.17) is 0 Å². The predicted molar refractivity (Wildman–Crippen MR) is 128 cm³/mol. The van der Waals surface area contributed by atoms with Crippen LogP contribution in [0.1, 0.15) is 22.3 Å². The summed E-state index contributed by atoms with van der Waals surface area (Å²) in [5.41, 5.74) is 3.77. The van der Waals surface area contributed by atoms with Crippen LogP contribution >= 0.6 is 0 Å². The van der Waals surface area contributed by atoms with E-state index in [0.717, 1.165) is 5.56 Å². The van der Waals surface area contributed by atoms with E-state index in [1.807, 2.05) is 36.4 Å². The quantitative estimate of drug-likeness (QED) is 0.234. The van der Waals surface area contributed by atoms with Crippen LogP contribution in [-0.4, -0.2) is 24.4 Å². The van der Waals surface area contributed by atoms with Gasteiger partial charge in [0.05, 0.1) is 12.1 Å². The van der Waals surface area contributed by atoms with Crippen molar-refractivity contribution in [2.45, 2.75) is 5.54 Å². The number of aliphatic imine (C=N–C) groups is 1. The molecule has 2 N–H and O–H groups in total. The number of hydrogen-bond donors (Lipinski definition) is 2. The molecule has 0 aromatic heterocycles. The highest BCUT2D eigenvalue weighted by molar-refractivity contribution is 5.83. The summed E-state index contributed by atoms with van der Waals surface area (Å²) < 4.78 is 0. The Morgan fingerprint density at radius 3 is 1.58 bits per heavy atom. The molecule has 0 aliphatic heterocycles. The number of benzene rings is 4. The summed E-state index contributed by atoms with van der Waals surface area (Å²) in [6.45, 7) is 1.26. The van der Waals surface area contributed by atoms with Crippen LogP contribution < -0.4 is 5.32 Å². The van der Waals surface area contributed by atoms with E-state index in [1.54, 1.807) is 12.3 Å². The fraction of sp³-hybridized carbons (Fsp3) is 0.107. The number of phenols is 1. The Labute approximate surface area is 183 Å². The second kappa shape index (κ2) is 9.88. The minimum Gasteiger partial charge on any atom is -0.507 e. The SMILES string of the molecule is Oc1ccccc1C=NCCNC(c1ccccc1)(c1ccccc1)c1ccccc1. The van der Waals surface area contributed by atoms with Gasteiger partial charge in [0.25, 0.3) is 0 Å². The average molecular weight is 407 g/mol. The summed E-state index contributed by atoms with van der Waals surface area (Å²) in [7, 11) is 0. The third kappa shape index (κ3) is 4.57. The standard InChI is InChI=1S/C28H26N2O/c31-27-19-11-10-12-23(27)22-29-20-21-30-28(24-13-4-1-5-14-24,25-15-6-2-7-16-25)26-17-8-3-9-18-26/h1-19,22,30-31H,20-21H2. The van der Waals surface area contributed by atoms with E-state index in [0.29, 0.717) is 13.1 Å². The van der Waals surface area contributed by atoms with Gasteiger partial charge in [-0.3, -0.25) is 10.3 Å². The van der Waals surface area contributed by atoms with Gasteiger partial charge in [-0.25, -0.2) is 0 Å². The minimum absolute atomic E-state index is 0.242. The molecule has 154 valence electrons. The maximum atomic E-state index is 9.94. The predicted octanol–water partition coefficient (Wildman–Crippen LogP) is 5.39. The smallest absolute Gasteiger partial charge is 0.124 e. The van der Waals surface area contributed by atoms with E-state index < -0.39 is 5.54 Å². The highest BCUT2D eigenvalue weighted by Crippen LogP contribution is 2.36. The lowest BCUT2D eigenvalue weighted by Gasteiger charge is -2.37. The number of phenolic OH excluding ortho intramolecular Hbond substituents is 1. The third-order valence-corrected chi connectivity index (χ3v) is 5.42. The lowest BCUT2D eigenvalue weighted by molar-refractivity contribution is 0.474. The molecule has 0 amide bonds. The Kier molecular flexibility index (Phi) is 6.56. The normalized spacial score (nSPS) is 11.6. The molecule has 0 heterocycles. The Morgan fingerprint density at radius 1 is 0.645 bits per heavy atom. The number of aromatic hydroxyl groups is 1. The number of nitrogens with one attached hydrogen (secondary N) is 1. The third-order valence-electron chi connectivity index (χ3n) is 5.42. The summed E-state index contributed by atoms with van der Waals surface area (Å²) in [5, 5.41) is 13.7. The van der Waals surface area contributed by atoms with Gasteiger partial charge in [-0.2, -0.15) is 0 Å². The molecule has 3 heteroatoms. The molecule has 0 spiro atoms. The van der Waals surface area contributed by atoms with Gasteiger partial charge in [-0.05, 0) is 28.8 Å². The van der Waals surface area contributed by atoms with Crippen LogP contribution in [0.3, 0.4) is 0 Å². The van der Waals surface area contributed by atoms with Gasteiger partial charge in [0.1, 0.15) is 5.75 Å². The average Bonchev–Trinajstić information content (AvgIpc) is 2.84. The van der Waals surface area contributed by atoms with Gasteiger partial charge in [-0.15, -0.1) is 0 Å². The molecule has 0 atom stereocenters. The summed E-state index contributed by atoms with van der Waals surface area (Å²) in [6, 6.07) is 38.8. The Hall–Kier alpha value is -3.69. The van der Waals surface area contributed by atoms with Crippen LogP contribution in [0.25, 0.3) is 0 Å². The fourth-order valence-electron chi connectivity index (χ4n) is 3.94. The van der Waals surface area contributed by atoms with E-state index in [9.17, 15) is 5.11 Å². The van der Waals surface area contributed by atoms with Crippen molar-refractivity contribution in [1.29, 1.82) is 0 Å². The van der Waals surface area contributed by atoms with E-state index in [2.05, 4.69) is 83.1 Å². The fourth-order valence-corrected chi connectivity index (χ4v) is 3.94. The van der Waals surface area contributed by atoms with Crippen molar-refractivity contribution in [3.05, 3.63) is 138 Å². The van der Waals surface area contributed by atoms with Crippen molar-refractivity contribution in [1.82, 2.24) is 5.32 Å². The first-order chi connectivity index (χ1) is 15.3. The molecule has 0 unspecified atom stereocenters. The second-order valence-electron chi connectivity index (χ2n) is 7.37. The van der Waals surface area contributed by atoms with Crippen molar-refractivity contribution in [3.63, 3.8) is 0 Å². The zero-order valence-electron chi connectivity index (χ0n) is 17.4. The van der Waals surface area contributed by atoms with Crippen LogP contribution in [0.15, 0.2) is 120 Å². The molecular weight excluding hydrogens is 380 g/mol. The molecule has 4 aromatic rings. The van der Waals surface area contributed by atoms with Gasteiger partial charge in [0.2, 0.25) is 0 Å². The lowest BCUT2D eigenvalue weighted by atomic mass is 9.77. The monoisotopic (exact) mass is 406 g/mol. The topological polar surface area (TPSA) is 44.6 Å². The van der Waals surface area contributed by atoms with Crippen molar-refractivity contribution in [3.8, 4) is 5.75 Å². The molecule has 31 heavy (non-hydrogen) atoms. The Balaban J connectivity index is 1.66. The van der Waals surface area contributed by atoms with Crippen molar-refractivity contribution >= 4 is 6.21 Å². The maximum absolute atomic E-state index is 9.94. The first-order valence-corrected chi connectivity index (χ1v) is 10.5. The molecule has 0 aliphatic carbocycles. The number of rotatable bonds is 8. The second-order valence-corrected chi connectivity index (χ2v) is 7.37. The first-order valence-electron chi connectivity index (χ1n) is 10.5. The number of hydrogen-bond acceptors (Lipinski definition) is 3. The number of nitrogens with zero attached hydrogens (tertiary/aromatic N) is 1. The van der Waals surface area contributed by atoms with Gasteiger partial charge in [0, 0.05) is 18.3 Å². The minimum atomic E-state index is -0.492. The van der Waals surface area contributed by atoms with Crippen LogP contribution in [0.2, 0.25) is 0 Å². The van der Waals surface area contributed by atoms with Crippen LogP contribution in [-0.2, 0) is 5.54 Å². The molecule has 0 saturated heterocycles. The molecule has 4 rings (SSSR count). The summed E-state index contributed by atoms with van der Waals surface area (Å²) in [4.78, 5) is 4.54. The van der Waals surface area contributed by atoms with E-state index in [-0.39, 0.29) is 5.75 Å². The molecule has 0 radical (unpaired) electrons. The van der Waals surface area contributed by atoms with Crippen LogP contribution in [0.5, 0.6) is 5.75 Å². The van der Waals surface area contributed by atoms with Crippen molar-refractivity contribution in [2.75, 3.05) is 13.1 Å². The summed E-state index contributed by atoms with van der Waals surface area (Å²) in [6.07, 6.45) is 1.73. The zero-order chi connectivity index (χ0) is 21.4. The number of para-hydroxylation sites is 1. The molecule has 3 nitrogen and oxygen atoms in total. The van der Waals surface area contributed by atoms with E-state index >= 15 is 0 Å². The van der Waals surface area contributed by atoms with Gasteiger partial charge >= 0.3 is 0 Å². The van der Waals surface area contributed by atoms with Crippen molar-refractivity contribution < 1.29 is 5.11 Å². The lowest BCUT2D eigenvalue weighted by Crippen LogP contribution is -2.45. The van der Waals surface area contributed by atoms with Crippen LogP contribution in [0, 0.1) is 0 Å². The van der Waals surface area contributed by atoms with Gasteiger partial charge < -0.3 is 5.11 Å². The van der Waals surface area contributed by atoms with Gasteiger partial charge in [0.15, 0.2) is 0 Å². The maximum Gasteiger partial charge on any atom is 0.124 e. The highest BCUT2D eigenvalue weighted by atomic mass is 16.3. The molecule has 0 fully saturated rings. The highest BCUT2D eigenvalue weighted by Gasteiger charge is 2.35. The molecule has 0 saturated carbocycles. The summed E-state index contributed by atoms with van der Waals surface area (Å²) in [5.74, 6) is 0.242. The molecule has 0 aliphatic rings. The van der Waals surface area contributed by atoms with Crippen LogP contribution in [0.4, 0.5) is 0 Å². The summed E-state index contributed by atoms with van der Waals surface area (Å²) >= 11 is 0. The Morgan fingerprint density at radius 2 is 1.10 bits per heavy atom. The molecular formula is C28H26N2O. The van der Waals surface area contributed by atoms with Crippen molar-refractivity contribution in [2.24, 2.45) is 4.99 Å². The van der Waals surface area contributed by atoms with E-state index in [1.165, 1.54) is 16.7 Å². The largest absolute Gasteiger partial charge is 0.507 e. The Bertz CT molecular complexity index is 1010.